The van der Waals surface area contributed by atoms with E-state index < -0.39 is 0 Å². The number of imidazole rings is 1. The molecule has 0 aliphatic heterocycles. The molecule has 1 N–H and O–H groups in total. The van der Waals surface area contributed by atoms with Crippen LogP contribution in [0, 0.1) is 13.8 Å². The van der Waals surface area contributed by atoms with E-state index in [1.54, 1.807) is 18.3 Å². The molecule has 0 aliphatic rings. The van der Waals surface area contributed by atoms with Gasteiger partial charge in [-0.25, -0.2) is 4.98 Å². The minimum atomic E-state index is -0.146. The molecule has 2 aromatic heterocycles. The number of nitrogens with one attached hydrogen (secondary N) is 1. The second-order valence-electron chi connectivity index (χ2n) is 8.21. The van der Waals surface area contributed by atoms with Crippen molar-refractivity contribution in [3.05, 3.63) is 89.5 Å². The van der Waals surface area contributed by atoms with Crippen LogP contribution in [-0.2, 0) is 13.0 Å². The Labute approximate surface area is 194 Å². The molecular weight excluding hydrogens is 412 g/mol. The number of aromatic nitrogens is 3. The average Bonchev–Trinajstić information content (AvgIpc) is 3.19. The fraction of sp³-hybridized carbons (Fsp3) is 0.296. The number of hydrogen-bond acceptors (Lipinski definition) is 4. The summed E-state index contributed by atoms with van der Waals surface area (Å²) in [4.78, 5) is 21.1. The van der Waals surface area contributed by atoms with Gasteiger partial charge in [0.15, 0.2) is 0 Å². The van der Waals surface area contributed by atoms with Gasteiger partial charge in [0.1, 0.15) is 17.3 Å². The van der Waals surface area contributed by atoms with E-state index in [2.05, 4.69) is 53.0 Å². The molecule has 0 unspecified atom stereocenters. The van der Waals surface area contributed by atoms with E-state index in [9.17, 15) is 4.79 Å². The van der Waals surface area contributed by atoms with Crippen LogP contribution < -0.4 is 10.1 Å². The summed E-state index contributed by atoms with van der Waals surface area (Å²) < 4.78 is 8.33. The van der Waals surface area contributed by atoms with E-state index in [1.807, 2.05) is 24.3 Å². The smallest absolute Gasteiger partial charge is 0.269 e. The molecule has 170 valence electrons. The summed E-state index contributed by atoms with van der Waals surface area (Å²) in [6, 6.07) is 19.8. The summed E-state index contributed by atoms with van der Waals surface area (Å²) in [5.41, 5.74) is 4.93. The van der Waals surface area contributed by atoms with Crippen LogP contribution in [0.2, 0.25) is 0 Å². The summed E-state index contributed by atoms with van der Waals surface area (Å²) in [6.45, 7) is 6.21. The highest BCUT2D eigenvalue weighted by Crippen LogP contribution is 2.20. The van der Waals surface area contributed by atoms with Gasteiger partial charge in [-0.2, -0.15) is 0 Å². The van der Waals surface area contributed by atoms with Crippen molar-refractivity contribution in [3.63, 3.8) is 0 Å². The Morgan fingerprint density at radius 2 is 1.88 bits per heavy atom. The fourth-order valence-corrected chi connectivity index (χ4v) is 3.87. The predicted octanol–water partition coefficient (Wildman–Crippen LogP) is 4.88. The van der Waals surface area contributed by atoms with Crippen LogP contribution in [0.3, 0.4) is 0 Å². The van der Waals surface area contributed by atoms with Crippen LogP contribution in [-0.4, -0.2) is 33.6 Å². The van der Waals surface area contributed by atoms with E-state index in [-0.39, 0.29) is 5.91 Å². The van der Waals surface area contributed by atoms with Crippen molar-refractivity contribution in [3.8, 4) is 5.75 Å². The minimum absolute atomic E-state index is 0.146. The second-order valence-corrected chi connectivity index (χ2v) is 8.21. The Kier molecular flexibility index (Phi) is 7.35. The highest BCUT2D eigenvalue weighted by Gasteiger charge is 2.11. The molecule has 0 fully saturated rings. The quantitative estimate of drug-likeness (QED) is 0.356. The Morgan fingerprint density at radius 3 is 2.73 bits per heavy atom. The Balaban J connectivity index is 1.34. The van der Waals surface area contributed by atoms with Gasteiger partial charge in [0, 0.05) is 25.7 Å². The van der Waals surface area contributed by atoms with Crippen molar-refractivity contribution < 1.29 is 9.53 Å². The minimum Gasteiger partial charge on any atom is -0.493 e. The maximum absolute atomic E-state index is 12.2. The van der Waals surface area contributed by atoms with Crippen molar-refractivity contribution in [2.45, 2.75) is 39.7 Å². The first-order chi connectivity index (χ1) is 16.1. The highest BCUT2D eigenvalue weighted by atomic mass is 16.5. The summed E-state index contributed by atoms with van der Waals surface area (Å²) in [5.74, 6) is 1.84. The second kappa shape index (κ2) is 10.8. The number of pyridine rings is 1. The highest BCUT2D eigenvalue weighted by molar-refractivity contribution is 5.92. The van der Waals surface area contributed by atoms with E-state index >= 15 is 0 Å². The van der Waals surface area contributed by atoms with Gasteiger partial charge in [0.25, 0.3) is 5.91 Å². The molecule has 33 heavy (non-hydrogen) atoms. The van der Waals surface area contributed by atoms with Gasteiger partial charge in [-0.15, -0.1) is 0 Å². The molecule has 0 atom stereocenters. The number of aryl methyl sites for hydroxylation is 4. The zero-order chi connectivity index (χ0) is 23.0. The third kappa shape index (κ3) is 5.77. The standard InChI is InChI=1S/C27H30N4O2/c1-20-13-14-21(2)25(19-20)33-18-8-17-31-24-11-4-3-9-22(24)30-26(31)12-7-16-29-27(32)23-10-5-6-15-28-23/h3-6,9-11,13-15,19H,7-8,12,16-18H2,1-2H3,(H,29,32). The zero-order valence-electron chi connectivity index (χ0n) is 19.3. The van der Waals surface area contributed by atoms with Crippen LogP contribution >= 0.6 is 0 Å². The Hall–Kier alpha value is -3.67. The van der Waals surface area contributed by atoms with Gasteiger partial charge < -0.3 is 14.6 Å². The van der Waals surface area contributed by atoms with Crippen LogP contribution in [0.15, 0.2) is 66.9 Å². The third-order valence-electron chi connectivity index (χ3n) is 5.62. The maximum atomic E-state index is 12.2. The van der Waals surface area contributed by atoms with Gasteiger partial charge in [-0.1, -0.05) is 30.3 Å². The van der Waals surface area contributed by atoms with Crippen molar-refractivity contribution in [1.82, 2.24) is 19.9 Å². The molecular formula is C27H30N4O2. The molecule has 2 aromatic carbocycles. The first-order valence-corrected chi connectivity index (χ1v) is 11.5. The van der Waals surface area contributed by atoms with Crippen molar-refractivity contribution in [2.75, 3.05) is 13.2 Å². The number of para-hydroxylation sites is 2. The van der Waals surface area contributed by atoms with Gasteiger partial charge in [-0.05, 0) is 68.1 Å². The molecule has 6 heteroatoms. The van der Waals surface area contributed by atoms with Gasteiger partial charge >= 0.3 is 0 Å². The topological polar surface area (TPSA) is 69.0 Å². The van der Waals surface area contributed by atoms with Crippen LogP contribution in [0.4, 0.5) is 0 Å². The molecule has 4 aromatic rings. The van der Waals surface area contributed by atoms with Crippen molar-refractivity contribution in [1.29, 1.82) is 0 Å². The van der Waals surface area contributed by atoms with Gasteiger partial charge in [-0.3, -0.25) is 9.78 Å². The SMILES string of the molecule is Cc1ccc(C)c(OCCCn2c(CCCNC(=O)c3ccccn3)nc3ccccc32)c1. The number of rotatable bonds is 10. The number of nitrogens with zero attached hydrogens (tertiary/aromatic N) is 3. The molecule has 1 amide bonds. The zero-order valence-corrected chi connectivity index (χ0v) is 19.3. The monoisotopic (exact) mass is 442 g/mol. The fourth-order valence-electron chi connectivity index (χ4n) is 3.87. The summed E-state index contributed by atoms with van der Waals surface area (Å²) >= 11 is 0. The number of benzene rings is 2. The van der Waals surface area contributed by atoms with Gasteiger partial charge in [0.05, 0.1) is 17.6 Å². The van der Waals surface area contributed by atoms with Crippen LogP contribution in [0.1, 0.15) is 40.3 Å². The third-order valence-corrected chi connectivity index (χ3v) is 5.62. The first-order valence-electron chi connectivity index (χ1n) is 11.5. The maximum Gasteiger partial charge on any atom is 0.269 e. The van der Waals surface area contributed by atoms with Crippen LogP contribution in [0.5, 0.6) is 5.75 Å². The number of carbonyl (C=O) groups is 1. The van der Waals surface area contributed by atoms with Crippen molar-refractivity contribution in [2.24, 2.45) is 0 Å². The normalized spacial score (nSPS) is 11.0. The number of ether oxygens (including phenoxy) is 1. The molecule has 0 radical (unpaired) electrons. The summed E-state index contributed by atoms with van der Waals surface area (Å²) in [5, 5.41) is 2.94. The molecule has 6 nitrogen and oxygen atoms in total. The largest absolute Gasteiger partial charge is 0.493 e. The number of amides is 1. The van der Waals surface area contributed by atoms with E-state index in [1.165, 1.54) is 5.56 Å². The number of carbonyl (C=O) groups excluding carboxylic acids is 1. The molecule has 0 bridgehead atoms. The lowest BCUT2D eigenvalue weighted by atomic mass is 10.1. The Morgan fingerprint density at radius 1 is 1.03 bits per heavy atom. The average molecular weight is 443 g/mol. The van der Waals surface area contributed by atoms with E-state index in [4.69, 9.17) is 9.72 Å². The Bertz CT molecular complexity index is 1220. The lowest BCUT2D eigenvalue weighted by Crippen LogP contribution is -2.25. The number of hydrogen-bond donors (Lipinski definition) is 1. The van der Waals surface area contributed by atoms with Crippen LogP contribution in [0.25, 0.3) is 11.0 Å². The molecule has 2 heterocycles. The predicted molar refractivity (Wildman–Crippen MR) is 131 cm³/mol. The summed E-state index contributed by atoms with van der Waals surface area (Å²) in [7, 11) is 0. The molecule has 0 aliphatic carbocycles. The van der Waals surface area contributed by atoms with E-state index in [0.717, 1.165) is 54.0 Å². The number of fused-ring (bicyclic) bond motifs is 1. The van der Waals surface area contributed by atoms with Crippen molar-refractivity contribution >= 4 is 16.9 Å². The lowest BCUT2D eigenvalue weighted by Gasteiger charge is -2.12. The molecule has 0 saturated heterocycles. The van der Waals surface area contributed by atoms with E-state index in [0.29, 0.717) is 18.8 Å². The lowest BCUT2D eigenvalue weighted by molar-refractivity contribution is 0.0948. The van der Waals surface area contributed by atoms with Gasteiger partial charge in [0.2, 0.25) is 0 Å². The molecule has 0 spiro atoms. The summed E-state index contributed by atoms with van der Waals surface area (Å²) in [6.07, 6.45) is 4.11. The molecule has 0 saturated carbocycles. The molecule has 4 rings (SSSR count). The first kappa shape index (κ1) is 22.5.